The Hall–Kier alpha value is -1.75. The van der Waals surface area contributed by atoms with Crippen LogP contribution in [0.2, 0.25) is 0 Å². The Morgan fingerprint density at radius 2 is 2.17 bits per heavy atom. The molecule has 18 heavy (non-hydrogen) atoms. The molecule has 1 saturated carbocycles. The van der Waals surface area contributed by atoms with Crippen LogP contribution in [0.15, 0.2) is 18.2 Å². The van der Waals surface area contributed by atoms with Crippen LogP contribution in [0.1, 0.15) is 30.3 Å². The maximum absolute atomic E-state index is 14.0. The zero-order chi connectivity index (χ0) is 12.7. The van der Waals surface area contributed by atoms with Gasteiger partial charge in [-0.05, 0) is 37.5 Å². The van der Waals surface area contributed by atoms with Gasteiger partial charge in [0.2, 0.25) is 0 Å². The van der Waals surface area contributed by atoms with Gasteiger partial charge in [0.25, 0.3) is 0 Å². The van der Waals surface area contributed by atoms with Crippen LogP contribution in [0.3, 0.4) is 0 Å². The molecule has 0 aliphatic heterocycles. The van der Waals surface area contributed by atoms with Gasteiger partial charge in [0.1, 0.15) is 12.4 Å². The largest absolute Gasteiger partial charge is 0.388 e. The van der Waals surface area contributed by atoms with Gasteiger partial charge in [-0.25, -0.2) is 4.39 Å². The molecule has 94 valence electrons. The van der Waals surface area contributed by atoms with E-state index in [1.165, 1.54) is 6.07 Å². The van der Waals surface area contributed by atoms with Crippen LogP contribution in [0, 0.1) is 12.7 Å². The third-order valence-electron chi connectivity index (χ3n) is 3.19. The molecule has 1 aliphatic rings. The topological polar surface area (TPSA) is 50.9 Å². The first-order valence-corrected chi connectivity index (χ1v) is 6.02. The van der Waals surface area contributed by atoms with Crippen molar-refractivity contribution in [3.8, 4) is 11.4 Å². The fourth-order valence-electron chi connectivity index (χ4n) is 2.13. The molecule has 1 aromatic carbocycles. The van der Waals surface area contributed by atoms with E-state index < -0.39 is 0 Å². The minimum absolute atomic E-state index is 0.170. The molecule has 0 unspecified atom stereocenters. The fraction of sp³-hybridized carbons (Fsp3) is 0.385. The second-order valence-electron chi connectivity index (χ2n) is 4.68. The third kappa shape index (κ3) is 1.80. The zero-order valence-corrected chi connectivity index (χ0v) is 10.1. The van der Waals surface area contributed by atoms with E-state index in [4.69, 9.17) is 0 Å². The van der Waals surface area contributed by atoms with Gasteiger partial charge in [0.05, 0.1) is 5.56 Å². The van der Waals surface area contributed by atoms with Crippen LogP contribution in [-0.4, -0.2) is 19.9 Å². The first-order chi connectivity index (χ1) is 8.70. The number of halogens is 1. The highest BCUT2D eigenvalue weighted by Crippen LogP contribution is 2.39. The molecule has 0 spiro atoms. The summed E-state index contributed by atoms with van der Waals surface area (Å²) in [6, 6.07) is 5.36. The monoisotopic (exact) mass is 247 g/mol. The molecular formula is C13H14FN3O. The number of benzene rings is 1. The van der Waals surface area contributed by atoms with Gasteiger partial charge >= 0.3 is 0 Å². The SMILES string of the molecule is Cc1ccc(-c2nnc(CO)n2C2CC2)c(F)c1. The molecule has 1 N–H and O–H groups in total. The van der Waals surface area contributed by atoms with Crippen molar-refractivity contribution in [1.29, 1.82) is 0 Å². The molecule has 5 heteroatoms. The fourth-order valence-corrected chi connectivity index (χ4v) is 2.13. The zero-order valence-electron chi connectivity index (χ0n) is 10.1. The van der Waals surface area contributed by atoms with E-state index in [-0.39, 0.29) is 12.4 Å². The van der Waals surface area contributed by atoms with E-state index in [1.54, 1.807) is 6.07 Å². The number of aliphatic hydroxyl groups excluding tert-OH is 1. The van der Waals surface area contributed by atoms with Gasteiger partial charge in [0.15, 0.2) is 11.6 Å². The summed E-state index contributed by atoms with van der Waals surface area (Å²) in [5.41, 5.74) is 1.32. The highest BCUT2D eigenvalue weighted by atomic mass is 19.1. The first-order valence-electron chi connectivity index (χ1n) is 6.02. The summed E-state index contributed by atoms with van der Waals surface area (Å²) in [4.78, 5) is 0. The van der Waals surface area contributed by atoms with Crippen LogP contribution < -0.4 is 0 Å². The Morgan fingerprint density at radius 3 is 2.78 bits per heavy atom. The summed E-state index contributed by atoms with van der Waals surface area (Å²) in [6.07, 6.45) is 2.07. The van der Waals surface area contributed by atoms with Crippen molar-refractivity contribution in [2.75, 3.05) is 0 Å². The van der Waals surface area contributed by atoms with Crippen LogP contribution in [0.25, 0.3) is 11.4 Å². The molecule has 1 fully saturated rings. The molecule has 0 amide bonds. The lowest BCUT2D eigenvalue weighted by Gasteiger charge is -2.08. The van der Waals surface area contributed by atoms with Crippen LogP contribution in [0.5, 0.6) is 0 Å². The third-order valence-corrected chi connectivity index (χ3v) is 3.19. The Labute approximate surface area is 104 Å². The molecule has 2 aromatic rings. The number of aromatic nitrogens is 3. The van der Waals surface area contributed by atoms with Crippen LogP contribution in [0.4, 0.5) is 4.39 Å². The summed E-state index contributed by atoms with van der Waals surface area (Å²) in [7, 11) is 0. The molecule has 0 saturated heterocycles. The van der Waals surface area contributed by atoms with Crippen molar-refractivity contribution in [1.82, 2.24) is 14.8 Å². The number of hydrogen-bond acceptors (Lipinski definition) is 3. The Balaban J connectivity index is 2.13. The second kappa shape index (κ2) is 4.17. The number of hydrogen-bond donors (Lipinski definition) is 1. The Morgan fingerprint density at radius 1 is 1.39 bits per heavy atom. The van der Waals surface area contributed by atoms with Crippen molar-refractivity contribution < 1.29 is 9.50 Å². The number of rotatable bonds is 3. The maximum Gasteiger partial charge on any atom is 0.167 e. The van der Waals surface area contributed by atoms with E-state index in [0.29, 0.717) is 23.3 Å². The molecular weight excluding hydrogens is 233 g/mol. The molecule has 4 nitrogen and oxygen atoms in total. The van der Waals surface area contributed by atoms with Crippen molar-refractivity contribution in [2.24, 2.45) is 0 Å². The smallest absolute Gasteiger partial charge is 0.167 e. The van der Waals surface area contributed by atoms with Crippen molar-refractivity contribution >= 4 is 0 Å². The predicted octanol–water partition coefficient (Wildman–Crippen LogP) is 2.22. The van der Waals surface area contributed by atoms with Gasteiger partial charge in [-0.3, -0.25) is 0 Å². The molecule has 3 rings (SSSR count). The highest BCUT2D eigenvalue weighted by Gasteiger charge is 2.30. The molecule has 1 heterocycles. The average Bonchev–Trinajstić information content (AvgIpc) is 3.09. The van der Waals surface area contributed by atoms with Crippen LogP contribution in [-0.2, 0) is 6.61 Å². The summed E-state index contributed by atoms with van der Waals surface area (Å²) in [5.74, 6) is 0.723. The predicted molar refractivity (Wildman–Crippen MR) is 64.3 cm³/mol. The Kier molecular flexibility index (Phi) is 2.63. The van der Waals surface area contributed by atoms with Gasteiger partial charge in [-0.1, -0.05) is 6.07 Å². The number of nitrogens with zero attached hydrogens (tertiary/aromatic N) is 3. The minimum atomic E-state index is -0.297. The Bertz CT molecular complexity index is 590. The molecule has 0 radical (unpaired) electrons. The lowest BCUT2D eigenvalue weighted by Crippen LogP contribution is -2.04. The summed E-state index contributed by atoms with van der Waals surface area (Å²) in [6.45, 7) is 1.68. The lowest BCUT2D eigenvalue weighted by atomic mass is 10.1. The first kappa shape index (κ1) is 11.3. The lowest BCUT2D eigenvalue weighted by molar-refractivity contribution is 0.265. The van der Waals surface area contributed by atoms with Gasteiger partial charge in [0, 0.05) is 6.04 Å². The van der Waals surface area contributed by atoms with E-state index in [9.17, 15) is 9.50 Å². The quantitative estimate of drug-likeness (QED) is 0.904. The summed E-state index contributed by atoms with van der Waals surface area (Å²) < 4.78 is 15.8. The molecule has 1 aliphatic carbocycles. The van der Waals surface area contributed by atoms with Crippen molar-refractivity contribution in [3.63, 3.8) is 0 Å². The molecule has 1 aromatic heterocycles. The summed E-state index contributed by atoms with van der Waals surface area (Å²) in [5, 5.41) is 17.2. The maximum atomic E-state index is 14.0. The molecule has 0 bridgehead atoms. The minimum Gasteiger partial charge on any atom is -0.388 e. The average molecular weight is 247 g/mol. The van der Waals surface area contributed by atoms with E-state index in [1.807, 2.05) is 17.6 Å². The van der Waals surface area contributed by atoms with Gasteiger partial charge in [-0.2, -0.15) is 0 Å². The standard InChI is InChI=1S/C13H14FN3O/c1-8-2-5-10(11(14)6-8)13-16-15-12(7-18)17(13)9-3-4-9/h2,5-6,9,18H,3-4,7H2,1H3. The van der Waals surface area contributed by atoms with Crippen molar-refractivity contribution in [2.45, 2.75) is 32.4 Å². The highest BCUT2D eigenvalue weighted by molar-refractivity contribution is 5.57. The number of aliphatic hydroxyl groups is 1. The molecule has 0 atom stereocenters. The van der Waals surface area contributed by atoms with Crippen molar-refractivity contribution in [3.05, 3.63) is 35.4 Å². The van der Waals surface area contributed by atoms with Crippen LogP contribution >= 0.6 is 0 Å². The van der Waals surface area contributed by atoms with E-state index in [0.717, 1.165) is 18.4 Å². The van der Waals surface area contributed by atoms with E-state index in [2.05, 4.69) is 10.2 Å². The van der Waals surface area contributed by atoms with Gasteiger partial charge in [-0.15, -0.1) is 10.2 Å². The summed E-state index contributed by atoms with van der Waals surface area (Å²) >= 11 is 0. The normalized spacial score (nSPS) is 15.1. The second-order valence-corrected chi connectivity index (χ2v) is 4.68. The number of aryl methyl sites for hydroxylation is 1. The van der Waals surface area contributed by atoms with E-state index >= 15 is 0 Å². The van der Waals surface area contributed by atoms with Gasteiger partial charge < -0.3 is 9.67 Å².